The maximum atomic E-state index is 5.81. The van der Waals surface area contributed by atoms with Gasteiger partial charge < -0.3 is 4.74 Å². The summed E-state index contributed by atoms with van der Waals surface area (Å²) in [6, 6.07) is 7.99. The zero-order valence-electron chi connectivity index (χ0n) is 8.99. The van der Waals surface area contributed by atoms with Crippen molar-refractivity contribution in [1.29, 1.82) is 0 Å². The summed E-state index contributed by atoms with van der Waals surface area (Å²) in [5.74, 6) is 0.934. The Labute approximate surface area is 86.4 Å². The van der Waals surface area contributed by atoms with Gasteiger partial charge in [-0.2, -0.15) is 0 Å². The van der Waals surface area contributed by atoms with Gasteiger partial charge in [-0.25, -0.2) is 0 Å². The van der Waals surface area contributed by atoms with E-state index in [1.54, 1.807) is 0 Å². The first kappa shape index (κ1) is 10.8. The minimum atomic E-state index is 0.279. The van der Waals surface area contributed by atoms with Crippen LogP contribution in [-0.2, 0) is 0 Å². The maximum Gasteiger partial charge on any atom is 0.126 e. The molecular formula is C13H18O. The van der Waals surface area contributed by atoms with Crippen LogP contribution in [0.1, 0.15) is 32.3 Å². The molecule has 1 nitrogen and oxygen atoms in total. The topological polar surface area (TPSA) is 9.23 Å². The molecule has 0 N–H and O–H groups in total. The second-order valence-corrected chi connectivity index (χ2v) is 3.46. The predicted molar refractivity (Wildman–Crippen MR) is 61.5 cm³/mol. The fraction of sp³-hybridized carbons (Fsp3) is 0.385. The van der Waals surface area contributed by atoms with Crippen molar-refractivity contribution in [3.05, 3.63) is 36.4 Å². The van der Waals surface area contributed by atoms with E-state index in [9.17, 15) is 0 Å². The second kappa shape index (κ2) is 5.48. The molecule has 0 aliphatic rings. The number of rotatable bonds is 5. The minimum absolute atomic E-state index is 0.279. The Bertz CT molecular complexity index is 291. The van der Waals surface area contributed by atoms with Crippen LogP contribution in [0.5, 0.6) is 5.75 Å². The molecule has 0 bridgehead atoms. The number of para-hydroxylation sites is 1. The molecule has 0 saturated carbocycles. The van der Waals surface area contributed by atoms with Crippen molar-refractivity contribution in [2.45, 2.75) is 32.8 Å². The minimum Gasteiger partial charge on any atom is -0.490 e. The molecule has 1 aromatic rings. The molecule has 0 amide bonds. The van der Waals surface area contributed by atoms with Gasteiger partial charge in [0.25, 0.3) is 0 Å². The molecular weight excluding hydrogens is 172 g/mol. The van der Waals surface area contributed by atoms with E-state index < -0.39 is 0 Å². The number of benzene rings is 1. The van der Waals surface area contributed by atoms with Crippen molar-refractivity contribution in [3.63, 3.8) is 0 Å². The summed E-state index contributed by atoms with van der Waals surface area (Å²) in [6.45, 7) is 8.03. The van der Waals surface area contributed by atoms with Gasteiger partial charge in [-0.05, 0) is 19.4 Å². The highest BCUT2D eigenvalue weighted by Gasteiger charge is 2.04. The highest BCUT2D eigenvalue weighted by atomic mass is 16.5. The summed E-state index contributed by atoms with van der Waals surface area (Å²) < 4.78 is 5.81. The zero-order chi connectivity index (χ0) is 10.4. The van der Waals surface area contributed by atoms with E-state index in [-0.39, 0.29) is 6.10 Å². The van der Waals surface area contributed by atoms with Gasteiger partial charge in [0, 0.05) is 5.56 Å². The largest absolute Gasteiger partial charge is 0.490 e. The van der Waals surface area contributed by atoms with Crippen LogP contribution in [0.3, 0.4) is 0 Å². The van der Waals surface area contributed by atoms with E-state index in [0.29, 0.717) is 0 Å². The van der Waals surface area contributed by atoms with Gasteiger partial charge in [-0.3, -0.25) is 0 Å². The lowest BCUT2D eigenvalue weighted by Crippen LogP contribution is -2.11. The van der Waals surface area contributed by atoms with Gasteiger partial charge in [0.15, 0.2) is 0 Å². The lowest BCUT2D eigenvalue weighted by molar-refractivity contribution is 0.209. The molecule has 0 radical (unpaired) electrons. The van der Waals surface area contributed by atoms with Crippen molar-refractivity contribution in [2.24, 2.45) is 0 Å². The summed E-state index contributed by atoms with van der Waals surface area (Å²) in [7, 11) is 0. The Morgan fingerprint density at radius 1 is 1.43 bits per heavy atom. The normalized spacial score (nSPS) is 12.1. The Kier molecular flexibility index (Phi) is 4.24. The van der Waals surface area contributed by atoms with E-state index in [2.05, 4.69) is 20.4 Å². The molecule has 0 heterocycles. The average Bonchev–Trinajstić information content (AvgIpc) is 2.19. The van der Waals surface area contributed by atoms with E-state index in [1.807, 2.05) is 30.3 Å². The molecule has 0 saturated heterocycles. The van der Waals surface area contributed by atoms with Crippen LogP contribution in [0.4, 0.5) is 0 Å². The molecule has 0 aliphatic carbocycles. The Morgan fingerprint density at radius 2 is 2.14 bits per heavy atom. The molecule has 0 aromatic heterocycles. The molecule has 0 aliphatic heterocycles. The number of hydrogen-bond donors (Lipinski definition) is 0. The van der Waals surface area contributed by atoms with Gasteiger partial charge >= 0.3 is 0 Å². The van der Waals surface area contributed by atoms with Crippen LogP contribution in [0.25, 0.3) is 6.08 Å². The third-order valence-corrected chi connectivity index (χ3v) is 2.16. The van der Waals surface area contributed by atoms with Crippen molar-refractivity contribution in [2.75, 3.05) is 0 Å². The lowest BCUT2D eigenvalue weighted by Gasteiger charge is -2.15. The average molecular weight is 190 g/mol. The molecule has 1 rings (SSSR count). The molecule has 14 heavy (non-hydrogen) atoms. The Hall–Kier alpha value is -1.24. The van der Waals surface area contributed by atoms with E-state index >= 15 is 0 Å². The van der Waals surface area contributed by atoms with E-state index in [1.165, 1.54) is 0 Å². The van der Waals surface area contributed by atoms with Crippen LogP contribution < -0.4 is 4.74 Å². The Balaban J connectivity index is 2.70. The standard InChI is InChI=1S/C13H18O/c1-4-8-11(3)14-13-10-7-6-9-12(13)5-2/h5-7,9-11H,2,4,8H2,1,3H3. The van der Waals surface area contributed by atoms with Crippen LogP contribution in [0, 0.1) is 0 Å². The highest BCUT2D eigenvalue weighted by molar-refractivity contribution is 5.55. The summed E-state index contributed by atoms with van der Waals surface area (Å²) in [6.07, 6.45) is 4.35. The van der Waals surface area contributed by atoms with Gasteiger partial charge in [0.2, 0.25) is 0 Å². The van der Waals surface area contributed by atoms with Crippen LogP contribution in [0.2, 0.25) is 0 Å². The van der Waals surface area contributed by atoms with Crippen molar-refractivity contribution >= 4 is 6.08 Å². The predicted octanol–water partition coefficient (Wildman–Crippen LogP) is 3.90. The van der Waals surface area contributed by atoms with Gasteiger partial charge in [0.05, 0.1) is 6.10 Å². The monoisotopic (exact) mass is 190 g/mol. The molecule has 1 aromatic carbocycles. The van der Waals surface area contributed by atoms with Crippen molar-refractivity contribution in [1.82, 2.24) is 0 Å². The highest BCUT2D eigenvalue weighted by Crippen LogP contribution is 2.21. The third-order valence-electron chi connectivity index (χ3n) is 2.16. The fourth-order valence-corrected chi connectivity index (χ4v) is 1.44. The van der Waals surface area contributed by atoms with E-state index in [0.717, 1.165) is 24.2 Å². The second-order valence-electron chi connectivity index (χ2n) is 3.46. The van der Waals surface area contributed by atoms with Crippen molar-refractivity contribution in [3.8, 4) is 5.75 Å². The summed E-state index contributed by atoms with van der Waals surface area (Å²) in [5, 5.41) is 0. The van der Waals surface area contributed by atoms with Crippen LogP contribution in [0.15, 0.2) is 30.8 Å². The van der Waals surface area contributed by atoms with Crippen LogP contribution in [-0.4, -0.2) is 6.10 Å². The first-order valence-corrected chi connectivity index (χ1v) is 5.16. The summed E-state index contributed by atoms with van der Waals surface area (Å²) in [5.41, 5.74) is 1.07. The lowest BCUT2D eigenvalue weighted by atomic mass is 10.2. The first-order valence-electron chi connectivity index (χ1n) is 5.16. The van der Waals surface area contributed by atoms with E-state index in [4.69, 9.17) is 4.74 Å². The van der Waals surface area contributed by atoms with Gasteiger partial charge in [-0.15, -0.1) is 0 Å². The smallest absolute Gasteiger partial charge is 0.126 e. The number of ether oxygens (including phenoxy) is 1. The molecule has 0 spiro atoms. The first-order chi connectivity index (χ1) is 6.77. The molecule has 1 unspecified atom stereocenters. The molecule has 1 heteroatoms. The summed E-state index contributed by atoms with van der Waals surface area (Å²) >= 11 is 0. The molecule has 1 atom stereocenters. The van der Waals surface area contributed by atoms with Gasteiger partial charge in [0.1, 0.15) is 5.75 Å². The SMILES string of the molecule is C=Cc1ccccc1OC(C)CCC. The molecule has 76 valence electrons. The summed E-state index contributed by atoms with van der Waals surface area (Å²) in [4.78, 5) is 0. The fourth-order valence-electron chi connectivity index (χ4n) is 1.44. The van der Waals surface area contributed by atoms with Gasteiger partial charge in [-0.1, -0.05) is 44.2 Å². The maximum absolute atomic E-state index is 5.81. The quantitative estimate of drug-likeness (QED) is 0.684. The zero-order valence-corrected chi connectivity index (χ0v) is 8.99. The van der Waals surface area contributed by atoms with Crippen molar-refractivity contribution < 1.29 is 4.74 Å². The molecule has 0 fully saturated rings. The van der Waals surface area contributed by atoms with Crippen LogP contribution >= 0.6 is 0 Å². The third kappa shape index (κ3) is 2.91. The number of hydrogen-bond acceptors (Lipinski definition) is 1. The Morgan fingerprint density at radius 3 is 2.79 bits per heavy atom.